The van der Waals surface area contributed by atoms with Gasteiger partial charge in [-0.15, -0.1) is 0 Å². The van der Waals surface area contributed by atoms with Gasteiger partial charge in [0.1, 0.15) is 0 Å². The molecule has 0 saturated heterocycles. The Labute approximate surface area is 120 Å². The summed E-state index contributed by atoms with van der Waals surface area (Å²) in [6.45, 7) is 3.14. The van der Waals surface area contributed by atoms with Crippen LogP contribution >= 0.6 is 34.2 Å². The molecule has 3 nitrogen and oxygen atoms in total. The van der Waals surface area contributed by atoms with Crippen LogP contribution in [0.5, 0.6) is 0 Å². The van der Waals surface area contributed by atoms with Gasteiger partial charge >= 0.3 is 0 Å². The first kappa shape index (κ1) is 14.6. The van der Waals surface area contributed by atoms with Crippen molar-refractivity contribution in [1.82, 2.24) is 5.32 Å². The third-order valence-electron chi connectivity index (χ3n) is 2.22. The Balaban J connectivity index is 2.37. The van der Waals surface area contributed by atoms with E-state index in [4.69, 9.17) is 11.6 Å². The van der Waals surface area contributed by atoms with Gasteiger partial charge in [0.05, 0.1) is 6.54 Å². The van der Waals surface area contributed by atoms with Gasteiger partial charge < -0.3 is 10.6 Å². The van der Waals surface area contributed by atoms with E-state index in [2.05, 4.69) is 40.1 Å². The van der Waals surface area contributed by atoms with Crippen molar-refractivity contribution in [2.24, 2.45) is 0 Å². The maximum atomic E-state index is 11.5. The van der Waals surface area contributed by atoms with Crippen molar-refractivity contribution in [2.45, 2.75) is 19.8 Å². The van der Waals surface area contributed by atoms with Crippen LogP contribution in [0.2, 0.25) is 5.02 Å². The molecule has 0 atom stereocenters. The van der Waals surface area contributed by atoms with E-state index < -0.39 is 0 Å². The Morgan fingerprint density at radius 2 is 2.24 bits per heavy atom. The molecule has 17 heavy (non-hydrogen) atoms. The molecule has 0 aliphatic heterocycles. The Kier molecular flexibility index (Phi) is 6.65. The largest absolute Gasteiger partial charge is 0.375 e. The highest BCUT2D eigenvalue weighted by molar-refractivity contribution is 14.1. The highest BCUT2D eigenvalue weighted by atomic mass is 127. The number of anilines is 1. The molecule has 2 N–H and O–H groups in total. The van der Waals surface area contributed by atoms with Crippen LogP contribution in [0.3, 0.4) is 0 Å². The quantitative estimate of drug-likeness (QED) is 0.599. The summed E-state index contributed by atoms with van der Waals surface area (Å²) in [7, 11) is 0. The van der Waals surface area contributed by atoms with Crippen molar-refractivity contribution >= 4 is 45.8 Å². The van der Waals surface area contributed by atoms with Crippen LogP contribution in [0.4, 0.5) is 5.69 Å². The van der Waals surface area contributed by atoms with E-state index in [9.17, 15) is 4.79 Å². The Morgan fingerprint density at radius 1 is 1.47 bits per heavy atom. The molecule has 1 rings (SSSR count). The fourth-order valence-corrected chi connectivity index (χ4v) is 2.34. The SMILES string of the molecule is CCCCNC(=O)CNc1ccc(Cl)cc1I. The summed E-state index contributed by atoms with van der Waals surface area (Å²) in [4.78, 5) is 11.5. The van der Waals surface area contributed by atoms with E-state index in [-0.39, 0.29) is 5.91 Å². The van der Waals surface area contributed by atoms with Crippen molar-refractivity contribution < 1.29 is 4.79 Å². The molecule has 0 fully saturated rings. The summed E-state index contributed by atoms with van der Waals surface area (Å²) >= 11 is 8.04. The number of halogens is 2. The smallest absolute Gasteiger partial charge is 0.239 e. The number of amides is 1. The number of carbonyl (C=O) groups is 1. The van der Waals surface area contributed by atoms with E-state index in [1.54, 1.807) is 6.07 Å². The molecule has 0 aliphatic carbocycles. The van der Waals surface area contributed by atoms with E-state index in [1.807, 2.05) is 12.1 Å². The number of carbonyl (C=O) groups excluding carboxylic acids is 1. The minimum absolute atomic E-state index is 0.0178. The van der Waals surface area contributed by atoms with Gasteiger partial charge in [-0.1, -0.05) is 24.9 Å². The minimum atomic E-state index is 0.0178. The van der Waals surface area contributed by atoms with Crippen molar-refractivity contribution in [3.63, 3.8) is 0 Å². The molecule has 0 saturated carbocycles. The van der Waals surface area contributed by atoms with Crippen molar-refractivity contribution in [2.75, 3.05) is 18.4 Å². The summed E-state index contributed by atoms with van der Waals surface area (Å²) in [6.07, 6.45) is 2.10. The van der Waals surface area contributed by atoms with Crippen molar-refractivity contribution in [1.29, 1.82) is 0 Å². The number of unbranched alkanes of at least 4 members (excludes halogenated alkanes) is 1. The van der Waals surface area contributed by atoms with Gasteiger partial charge in [-0.3, -0.25) is 4.79 Å². The molecular weight excluding hydrogens is 351 g/mol. The van der Waals surface area contributed by atoms with Gasteiger partial charge in [-0.05, 0) is 47.2 Å². The fraction of sp³-hybridized carbons (Fsp3) is 0.417. The Morgan fingerprint density at radius 3 is 2.88 bits per heavy atom. The Bertz CT molecular complexity index is 385. The average Bonchev–Trinajstić information content (AvgIpc) is 2.28. The molecule has 94 valence electrons. The molecule has 0 radical (unpaired) electrons. The zero-order valence-corrected chi connectivity index (χ0v) is 12.6. The second-order valence-corrected chi connectivity index (χ2v) is 5.28. The number of hydrogen-bond acceptors (Lipinski definition) is 2. The number of nitrogens with one attached hydrogen (secondary N) is 2. The van der Waals surface area contributed by atoms with Crippen molar-refractivity contribution in [3.8, 4) is 0 Å². The van der Waals surface area contributed by atoms with Gasteiger partial charge in [0.25, 0.3) is 0 Å². The molecule has 1 amide bonds. The van der Waals surface area contributed by atoms with E-state index in [0.29, 0.717) is 11.6 Å². The number of hydrogen-bond donors (Lipinski definition) is 2. The van der Waals surface area contributed by atoms with Gasteiger partial charge in [0.2, 0.25) is 5.91 Å². The maximum Gasteiger partial charge on any atom is 0.239 e. The van der Waals surface area contributed by atoms with E-state index >= 15 is 0 Å². The summed E-state index contributed by atoms with van der Waals surface area (Å²) in [5.41, 5.74) is 0.931. The minimum Gasteiger partial charge on any atom is -0.375 e. The lowest BCUT2D eigenvalue weighted by Crippen LogP contribution is -2.30. The lowest BCUT2D eigenvalue weighted by atomic mass is 10.3. The molecule has 0 aromatic heterocycles. The Hall–Kier alpha value is -0.490. The number of benzene rings is 1. The predicted molar refractivity (Wildman–Crippen MR) is 80.6 cm³/mol. The first-order valence-corrected chi connectivity index (χ1v) is 7.04. The lowest BCUT2D eigenvalue weighted by molar-refractivity contribution is -0.119. The van der Waals surface area contributed by atoms with Crippen molar-refractivity contribution in [3.05, 3.63) is 26.8 Å². The standard InChI is InChI=1S/C12H16ClIN2O/c1-2-3-6-15-12(17)8-16-11-5-4-9(13)7-10(11)14/h4-5,7,16H,2-3,6,8H2,1H3,(H,15,17). The van der Waals surface area contributed by atoms with Crippen LogP contribution in [0, 0.1) is 3.57 Å². The summed E-state index contributed by atoms with van der Waals surface area (Å²) in [6, 6.07) is 5.55. The summed E-state index contributed by atoms with van der Waals surface area (Å²) < 4.78 is 1.01. The summed E-state index contributed by atoms with van der Waals surface area (Å²) in [5.74, 6) is 0.0178. The molecule has 1 aromatic rings. The third kappa shape index (κ3) is 5.59. The zero-order valence-electron chi connectivity index (χ0n) is 9.72. The molecule has 0 unspecified atom stereocenters. The fourth-order valence-electron chi connectivity index (χ4n) is 1.28. The second-order valence-electron chi connectivity index (χ2n) is 3.68. The number of rotatable bonds is 6. The molecular formula is C12H16ClIN2O. The highest BCUT2D eigenvalue weighted by Crippen LogP contribution is 2.21. The second kappa shape index (κ2) is 7.76. The molecule has 0 aliphatic rings. The van der Waals surface area contributed by atoms with Gasteiger partial charge in [-0.25, -0.2) is 0 Å². The van der Waals surface area contributed by atoms with Crippen LogP contribution in [-0.2, 0) is 4.79 Å². The maximum absolute atomic E-state index is 11.5. The first-order chi connectivity index (χ1) is 8.13. The molecule has 0 heterocycles. The van der Waals surface area contributed by atoms with Gasteiger partial charge in [-0.2, -0.15) is 0 Å². The van der Waals surface area contributed by atoms with E-state index in [1.165, 1.54) is 0 Å². The molecule has 0 spiro atoms. The molecule has 1 aromatic carbocycles. The highest BCUT2D eigenvalue weighted by Gasteiger charge is 2.03. The monoisotopic (exact) mass is 366 g/mol. The normalized spacial score (nSPS) is 10.1. The van der Waals surface area contributed by atoms with E-state index in [0.717, 1.165) is 28.6 Å². The lowest BCUT2D eigenvalue weighted by Gasteiger charge is -2.09. The van der Waals surface area contributed by atoms with Crippen LogP contribution in [0.1, 0.15) is 19.8 Å². The van der Waals surface area contributed by atoms with Crippen LogP contribution in [-0.4, -0.2) is 19.0 Å². The molecule has 0 bridgehead atoms. The van der Waals surface area contributed by atoms with Crippen LogP contribution < -0.4 is 10.6 Å². The zero-order chi connectivity index (χ0) is 12.7. The predicted octanol–water partition coefficient (Wildman–Crippen LogP) is 3.27. The third-order valence-corrected chi connectivity index (χ3v) is 3.35. The topological polar surface area (TPSA) is 41.1 Å². The van der Waals surface area contributed by atoms with Crippen LogP contribution in [0.15, 0.2) is 18.2 Å². The first-order valence-electron chi connectivity index (χ1n) is 5.59. The molecule has 5 heteroatoms. The average molecular weight is 367 g/mol. The van der Waals surface area contributed by atoms with Gasteiger partial charge in [0.15, 0.2) is 0 Å². The van der Waals surface area contributed by atoms with Crippen LogP contribution in [0.25, 0.3) is 0 Å². The summed E-state index contributed by atoms with van der Waals surface area (Å²) in [5, 5.41) is 6.64. The van der Waals surface area contributed by atoms with Gasteiger partial charge in [0, 0.05) is 20.8 Å².